The fourth-order valence-electron chi connectivity index (χ4n) is 5.50. The Morgan fingerprint density at radius 1 is 0.658 bits per heavy atom. The van der Waals surface area contributed by atoms with Crippen LogP contribution in [0.15, 0.2) is 60.7 Å². The quantitative estimate of drug-likeness (QED) is 0.0918. The van der Waals surface area contributed by atoms with E-state index in [-0.39, 0.29) is 5.04 Å². The zero-order chi connectivity index (χ0) is 27.5. The number of benzene rings is 2. The number of unbranched alkanes of at least 4 members (excludes halogenated alkanes) is 11. The largest absolute Gasteiger partial charge is 0.407 e. The monoisotopic (exact) mass is 536 g/mol. The van der Waals surface area contributed by atoms with Gasteiger partial charge >= 0.3 is 0 Å². The van der Waals surface area contributed by atoms with E-state index in [9.17, 15) is 9.59 Å². The zero-order valence-electron chi connectivity index (χ0n) is 24.4. The van der Waals surface area contributed by atoms with E-state index in [4.69, 9.17) is 4.43 Å². The lowest BCUT2D eigenvalue weighted by atomic mass is 10.0. The van der Waals surface area contributed by atoms with E-state index in [1.54, 1.807) is 0 Å². The number of aldehydes is 1. The minimum atomic E-state index is -2.42. The molecular formula is C34H52O3Si. The Kier molecular flexibility index (Phi) is 15.5. The van der Waals surface area contributed by atoms with Gasteiger partial charge in [0.05, 0.1) is 0 Å². The number of rotatable bonds is 21. The second kappa shape index (κ2) is 18.3. The molecule has 0 saturated carbocycles. The predicted octanol–water partition coefficient (Wildman–Crippen LogP) is 8.18. The van der Waals surface area contributed by atoms with Crippen LogP contribution in [0.4, 0.5) is 0 Å². The van der Waals surface area contributed by atoms with Crippen molar-refractivity contribution >= 4 is 30.8 Å². The molecule has 0 fully saturated rings. The van der Waals surface area contributed by atoms with Gasteiger partial charge < -0.3 is 9.22 Å². The van der Waals surface area contributed by atoms with Crippen LogP contribution in [-0.2, 0) is 14.0 Å². The number of carbonyl (C=O) groups is 2. The first-order chi connectivity index (χ1) is 18.4. The molecule has 0 atom stereocenters. The molecule has 0 aromatic heterocycles. The normalized spacial score (nSPS) is 12.0. The van der Waals surface area contributed by atoms with Crippen molar-refractivity contribution < 1.29 is 14.0 Å². The van der Waals surface area contributed by atoms with Gasteiger partial charge in [0.1, 0.15) is 12.1 Å². The maximum Gasteiger partial charge on any atom is 0.261 e. The Balaban J connectivity index is 1.65. The summed E-state index contributed by atoms with van der Waals surface area (Å²) in [5.74, 6) is 0.435. The number of hydrogen-bond donors (Lipinski definition) is 0. The molecule has 210 valence electrons. The summed E-state index contributed by atoms with van der Waals surface area (Å²) in [6.45, 7) is 7.79. The molecule has 0 amide bonds. The first kappa shape index (κ1) is 32.2. The average molecular weight is 537 g/mol. The summed E-state index contributed by atoms with van der Waals surface area (Å²) in [6, 6.07) is 21.7. The minimum absolute atomic E-state index is 0.0271. The van der Waals surface area contributed by atoms with Crippen LogP contribution in [0.2, 0.25) is 5.04 Å². The minimum Gasteiger partial charge on any atom is -0.407 e. The van der Waals surface area contributed by atoms with Crippen molar-refractivity contribution in [2.75, 3.05) is 6.61 Å². The van der Waals surface area contributed by atoms with Gasteiger partial charge in [-0.05, 0) is 41.1 Å². The van der Waals surface area contributed by atoms with E-state index < -0.39 is 8.32 Å². The van der Waals surface area contributed by atoms with E-state index >= 15 is 0 Å². The van der Waals surface area contributed by atoms with Crippen molar-refractivity contribution in [1.29, 1.82) is 0 Å². The van der Waals surface area contributed by atoms with Gasteiger partial charge in [0, 0.05) is 25.9 Å². The summed E-state index contributed by atoms with van der Waals surface area (Å²) in [6.07, 6.45) is 16.7. The van der Waals surface area contributed by atoms with Gasteiger partial charge in [0.15, 0.2) is 0 Å². The molecule has 0 unspecified atom stereocenters. The second-order valence-electron chi connectivity index (χ2n) is 11.7. The van der Waals surface area contributed by atoms with Crippen molar-refractivity contribution in [1.82, 2.24) is 0 Å². The van der Waals surface area contributed by atoms with Gasteiger partial charge in [-0.15, -0.1) is 0 Å². The lowest BCUT2D eigenvalue weighted by Gasteiger charge is -2.43. The Morgan fingerprint density at radius 3 is 1.53 bits per heavy atom. The molecule has 0 aliphatic rings. The van der Waals surface area contributed by atoms with Crippen LogP contribution in [0.5, 0.6) is 0 Å². The second-order valence-corrected chi connectivity index (χ2v) is 16.1. The van der Waals surface area contributed by atoms with Crippen LogP contribution < -0.4 is 10.4 Å². The van der Waals surface area contributed by atoms with Gasteiger partial charge in [0.2, 0.25) is 0 Å². The summed E-state index contributed by atoms with van der Waals surface area (Å²) in [4.78, 5) is 22.5. The molecule has 38 heavy (non-hydrogen) atoms. The maximum atomic E-state index is 12.1. The molecule has 0 saturated heterocycles. The number of carbonyl (C=O) groups excluding carboxylic acids is 2. The zero-order valence-corrected chi connectivity index (χ0v) is 25.4. The third-order valence-corrected chi connectivity index (χ3v) is 12.7. The van der Waals surface area contributed by atoms with Gasteiger partial charge in [0.25, 0.3) is 8.32 Å². The number of Topliss-reactive ketones (excluding diaryl/α,β-unsaturated/α-hetero) is 1. The third kappa shape index (κ3) is 11.0. The van der Waals surface area contributed by atoms with Gasteiger partial charge in [-0.2, -0.15) is 0 Å². The van der Waals surface area contributed by atoms with Crippen LogP contribution in [0, 0.1) is 0 Å². The van der Waals surface area contributed by atoms with E-state index in [0.717, 1.165) is 70.7 Å². The van der Waals surface area contributed by atoms with E-state index in [1.165, 1.54) is 42.5 Å². The molecule has 2 aromatic carbocycles. The third-order valence-electron chi connectivity index (χ3n) is 7.61. The Morgan fingerprint density at radius 2 is 1.08 bits per heavy atom. The van der Waals surface area contributed by atoms with E-state index in [0.29, 0.717) is 12.2 Å². The Labute approximate surface area is 233 Å². The van der Waals surface area contributed by atoms with Crippen LogP contribution in [0.25, 0.3) is 0 Å². The lowest BCUT2D eigenvalue weighted by Crippen LogP contribution is -2.66. The highest BCUT2D eigenvalue weighted by Gasteiger charge is 2.49. The molecule has 0 aliphatic heterocycles. The van der Waals surface area contributed by atoms with Crippen molar-refractivity contribution in [2.24, 2.45) is 0 Å². The molecule has 0 aliphatic carbocycles. The SMILES string of the molecule is CC(C)(C)[Si](OCCCCCCCCC(=O)CCCCCCCCC=O)(c1ccccc1)c1ccccc1. The lowest BCUT2D eigenvalue weighted by molar-refractivity contribution is -0.119. The predicted molar refractivity (Wildman–Crippen MR) is 164 cm³/mol. The standard InChI is InChI=1S/C34H52O3Si/c1-34(2,3)38(32-25-17-13-18-26-32,33-27-19-14-20-28-33)37-30-22-12-8-6-10-16-24-31(36)23-15-9-5-4-7-11-21-29-35/h13-14,17-20,25-29H,4-12,15-16,21-24,30H2,1-3H3. The molecule has 3 nitrogen and oxygen atoms in total. The maximum absolute atomic E-state index is 12.1. The summed E-state index contributed by atoms with van der Waals surface area (Å²) < 4.78 is 6.98. The van der Waals surface area contributed by atoms with Crippen molar-refractivity contribution in [2.45, 2.75) is 122 Å². The van der Waals surface area contributed by atoms with Crippen LogP contribution in [0.1, 0.15) is 117 Å². The molecule has 0 radical (unpaired) electrons. The van der Waals surface area contributed by atoms with Gasteiger partial charge in [-0.25, -0.2) is 0 Å². The molecule has 4 heteroatoms. The van der Waals surface area contributed by atoms with Crippen LogP contribution in [0.3, 0.4) is 0 Å². The number of hydrogen-bond acceptors (Lipinski definition) is 3. The molecule has 0 N–H and O–H groups in total. The average Bonchev–Trinajstić information content (AvgIpc) is 2.91. The smallest absolute Gasteiger partial charge is 0.261 e. The first-order valence-corrected chi connectivity index (χ1v) is 17.0. The molecule has 2 aromatic rings. The van der Waals surface area contributed by atoms with Gasteiger partial charge in [-0.3, -0.25) is 4.79 Å². The fourth-order valence-corrected chi connectivity index (χ4v) is 10.1. The summed E-state index contributed by atoms with van der Waals surface area (Å²) in [7, 11) is -2.42. The highest BCUT2D eigenvalue weighted by Crippen LogP contribution is 2.36. The molecule has 0 bridgehead atoms. The first-order valence-electron chi connectivity index (χ1n) is 15.1. The highest BCUT2D eigenvalue weighted by atomic mass is 28.4. The molecular weight excluding hydrogens is 484 g/mol. The van der Waals surface area contributed by atoms with Crippen molar-refractivity contribution in [3.05, 3.63) is 60.7 Å². The topological polar surface area (TPSA) is 43.4 Å². The molecule has 0 heterocycles. The van der Waals surface area contributed by atoms with E-state index in [1.807, 2.05) is 0 Å². The van der Waals surface area contributed by atoms with Crippen molar-refractivity contribution in [3.8, 4) is 0 Å². The molecule has 2 rings (SSSR count). The highest BCUT2D eigenvalue weighted by molar-refractivity contribution is 6.99. The summed E-state index contributed by atoms with van der Waals surface area (Å²) >= 11 is 0. The number of ketones is 1. The van der Waals surface area contributed by atoms with Crippen LogP contribution >= 0.6 is 0 Å². The fraction of sp³-hybridized carbons (Fsp3) is 0.588. The molecule has 0 spiro atoms. The van der Waals surface area contributed by atoms with Gasteiger partial charge in [-0.1, -0.05) is 133 Å². The van der Waals surface area contributed by atoms with E-state index in [2.05, 4.69) is 81.4 Å². The summed E-state index contributed by atoms with van der Waals surface area (Å²) in [5.41, 5.74) is 0. The van der Waals surface area contributed by atoms with Crippen molar-refractivity contribution in [3.63, 3.8) is 0 Å². The Hall–Kier alpha value is -2.04. The summed E-state index contributed by atoms with van der Waals surface area (Å²) in [5, 5.41) is 2.72. The Bertz CT molecular complexity index is 849. The van der Waals surface area contributed by atoms with Crippen LogP contribution in [-0.4, -0.2) is 27.0 Å².